The van der Waals surface area contributed by atoms with Crippen molar-refractivity contribution in [3.05, 3.63) is 76.9 Å². The van der Waals surface area contributed by atoms with Gasteiger partial charge in [0, 0.05) is 5.69 Å². The summed E-state index contributed by atoms with van der Waals surface area (Å²) < 4.78 is 45.5. The maximum Gasteiger partial charge on any atom is 0.240 e. The molecule has 0 aliphatic rings. The van der Waals surface area contributed by atoms with Crippen molar-refractivity contribution in [3.8, 4) is 10.8 Å². The number of hydrogen-bond donors (Lipinski definition) is 1. The number of aromatic nitrogens is 1. The van der Waals surface area contributed by atoms with E-state index in [9.17, 15) is 12.8 Å². The van der Waals surface area contributed by atoms with Crippen LogP contribution in [0.15, 0.2) is 74.3 Å². The van der Waals surface area contributed by atoms with E-state index in [0.717, 1.165) is 23.3 Å². The normalized spacial score (nSPS) is 11.6. The second kappa shape index (κ2) is 7.46. The molecule has 2 aromatic carbocycles. The molecule has 0 aliphatic heterocycles. The average molecular weight is 429 g/mol. The Hall–Kier alpha value is -2.97. The van der Waals surface area contributed by atoms with E-state index < -0.39 is 15.7 Å². The first-order valence-electron chi connectivity index (χ1n) is 8.73. The first-order valence-corrected chi connectivity index (χ1v) is 11.1. The third-order valence-electron chi connectivity index (χ3n) is 4.19. The molecule has 0 spiro atoms. The zero-order chi connectivity index (χ0) is 20.6. The number of aryl methyl sites for hydroxylation is 2. The molecule has 0 unspecified atom stereocenters. The molecule has 8 heteroatoms. The van der Waals surface area contributed by atoms with Gasteiger partial charge in [-0.25, -0.2) is 12.8 Å². The molecule has 0 saturated carbocycles. The number of oxazole rings is 1. The minimum absolute atomic E-state index is 0.0164. The highest BCUT2D eigenvalue weighted by atomic mass is 32.2. The van der Waals surface area contributed by atoms with Crippen molar-refractivity contribution in [2.45, 2.75) is 23.8 Å². The van der Waals surface area contributed by atoms with Crippen LogP contribution in [0.1, 0.15) is 11.1 Å². The van der Waals surface area contributed by atoms with E-state index in [4.69, 9.17) is 4.42 Å². The lowest BCUT2D eigenvalue weighted by Gasteiger charge is -2.08. The SMILES string of the molecule is Cc1cc(C)cc(Nc2oc(-c3cccs3)nc2S(=O)(=O)c2ccc(F)cc2)c1. The molecule has 0 saturated heterocycles. The Kier molecular flexibility index (Phi) is 4.97. The summed E-state index contributed by atoms with van der Waals surface area (Å²) in [6.07, 6.45) is 0. The average Bonchev–Trinajstić information content (AvgIpc) is 3.31. The van der Waals surface area contributed by atoms with Crippen molar-refractivity contribution in [2.24, 2.45) is 0 Å². The van der Waals surface area contributed by atoms with Gasteiger partial charge in [-0.1, -0.05) is 12.1 Å². The molecule has 5 nitrogen and oxygen atoms in total. The Balaban J connectivity index is 1.84. The molecule has 0 bridgehead atoms. The van der Waals surface area contributed by atoms with E-state index in [2.05, 4.69) is 10.3 Å². The van der Waals surface area contributed by atoms with Crippen molar-refractivity contribution >= 4 is 32.7 Å². The van der Waals surface area contributed by atoms with Gasteiger partial charge in [0.2, 0.25) is 26.6 Å². The van der Waals surface area contributed by atoms with Gasteiger partial charge >= 0.3 is 0 Å². The van der Waals surface area contributed by atoms with Crippen LogP contribution in [0.3, 0.4) is 0 Å². The predicted octanol–water partition coefficient (Wildman–Crippen LogP) is 5.74. The standard InChI is InChI=1S/C21H17FN2O3S2/c1-13-10-14(2)12-16(11-13)23-20-21(24-19(27-20)18-4-3-9-28-18)29(25,26)17-7-5-15(22)6-8-17/h3-12,23H,1-2H3. The number of nitrogens with zero attached hydrogens (tertiary/aromatic N) is 1. The highest BCUT2D eigenvalue weighted by Crippen LogP contribution is 2.35. The molecule has 0 atom stereocenters. The van der Waals surface area contributed by atoms with Gasteiger partial charge in [0.25, 0.3) is 0 Å². The van der Waals surface area contributed by atoms with Gasteiger partial charge in [0.1, 0.15) is 5.82 Å². The van der Waals surface area contributed by atoms with Crippen LogP contribution in [0, 0.1) is 19.7 Å². The zero-order valence-electron chi connectivity index (χ0n) is 15.6. The van der Waals surface area contributed by atoms with Crippen LogP contribution < -0.4 is 5.32 Å². The van der Waals surface area contributed by atoms with Crippen molar-refractivity contribution in [3.63, 3.8) is 0 Å². The molecular weight excluding hydrogens is 411 g/mol. The van der Waals surface area contributed by atoms with Gasteiger partial charge in [-0.3, -0.25) is 0 Å². The molecular formula is C21H17FN2O3S2. The summed E-state index contributed by atoms with van der Waals surface area (Å²) in [5, 5.41) is 4.65. The molecule has 148 valence electrons. The molecule has 2 heterocycles. The molecule has 0 fully saturated rings. The van der Waals surface area contributed by atoms with E-state index in [1.54, 1.807) is 6.07 Å². The summed E-state index contributed by atoms with van der Waals surface area (Å²) in [6, 6.07) is 14.0. The van der Waals surface area contributed by atoms with E-state index in [1.807, 2.05) is 43.5 Å². The second-order valence-corrected chi connectivity index (χ2v) is 9.40. The number of anilines is 2. The third-order valence-corrected chi connectivity index (χ3v) is 6.72. The van der Waals surface area contributed by atoms with Gasteiger partial charge in [-0.05, 0) is 72.8 Å². The van der Waals surface area contributed by atoms with Crippen LogP contribution in [0.25, 0.3) is 10.8 Å². The van der Waals surface area contributed by atoms with Crippen LogP contribution in [-0.4, -0.2) is 13.4 Å². The van der Waals surface area contributed by atoms with Crippen molar-refractivity contribution in [1.29, 1.82) is 0 Å². The van der Waals surface area contributed by atoms with E-state index >= 15 is 0 Å². The van der Waals surface area contributed by atoms with Gasteiger partial charge in [-0.15, -0.1) is 11.3 Å². The Morgan fingerprint density at radius 3 is 2.34 bits per heavy atom. The third kappa shape index (κ3) is 3.94. The van der Waals surface area contributed by atoms with Crippen LogP contribution in [-0.2, 0) is 9.84 Å². The summed E-state index contributed by atoms with van der Waals surface area (Å²) >= 11 is 1.39. The summed E-state index contributed by atoms with van der Waals surface area (Å²) in [7, 11) is -4.03. The molecule has 4 rings (SSSR count). The minimum Gasteiger partial charge on any atom is -0.418 e. The second-order valence-electron chi connectivity index (χ2n) is 6.59. The summed E-state index contributed by atoms with van der Waals surface area (Å²) in [4.78, 5) is 4.90. The molecule has 29 heavy (non-hydrogen) atoms. The lowest BCUT2D eigenvalue weighted by atomic mass is 10.1. The number of hydrogen-bond acceptors (Lipinski definition) is 6. The topological polar surface area (TPSA) is 72.2 Å². The highest BCUT2D eigenvalue weighted by molar-refractivity contribution is 7.91. The quantitative estimate of drug-likeness (QED) is 0.411. The number of nitrogens with one attached hydrogen (secondary N) is 1. The highest BCUT2D eigenvalue weighted by Gasteiger charge is 2.29. The molecule has 1 N–H and O–H groups in total. The van der Waals surface area contributed by atoms with E-state index in [1.165, 1.54) is 23.5 Å². The smallest absolute Gasteiger partial charge is 0.240 e. The number of halogens is 1. The lowest BCUT2D eigenvalue weighted by Crippen LogP contribution is -2.05. The molecule has 2 aromatic heterocycles. The maximum absolute atomic E-state index is 13.3. The maximum atomic E-state index is 13.3. The van der Waals surface area contributed by atoms with Gasteiger partial charge in [-0.2, -0.15) is 4.98 Å². The van der Waals surface area contributed by atoms with Gasteiger partial charge in [0.15, 0.2) is 0 Å². The van der Waals surface area contributed by atoms with Crippen molar-refractivity contribution in [2.75, 3.05) is 5.32 Å². The fourth-order valence-corrected chi connectivity index (χ4v) is 4.88. The molecule has 0 radical (unpaired) electrons. The van der Waals surface area contributed by atoms with E-state index in [-0.39, 0.29) is 21.7 Å². The Morgan fingerprint density at radius 2 is 1.72 bits per heavy atom. The van der Waals surface area contributed by atoms with E-state index in [0.29, 0.717) is 10.6 Å². The molecule has 4 aromatic rings. The van der Waals surface area contributed by atoms with Crippen molar-refractivity contribution < 1.29 is 17.2 Å². The Labute approximate surface area is 171 Å². The summed E-state index contributed by atoms with van der Waals surface area (Å²) in [5.41, 5.74) is 2.73. The first-order chi connectivity index (χ1) is 13.8. The number of sulfone groups is 1. The van der Waals surface area contributed by atoms with Crippen LogP contribution >= 0.6 is 11.3 Å². The predicted molar refractivity (Wildman–Crippen MR) is 111 cm³/mol. The molecule has 0 amide bonds. The number of rotatable bonds is 5. The molecule has 0 aliphatic carbocycles. The van der Waals surface area contributed by atoms with Gasteiger partial charge < -0.3 is 9.73 Å². The summed E-state index contributed by atoms with van der Waals surface area (Å²) in [6.45, 7) is 3.90. The fraction of sp³-hybridized carbons (Fsp3) is 0.0952. The zero-order valence-corrected chi connectivity index (χ0v) is 17.3. The van der Waals surface area contributed by atoms with Gasteiger partial charge in [0.05, 0.1) is 9.77 Å². The van der Waals surface area contributed by atoms with Crippen LogP contribution in [0.5, 0.6) is 0 Å². The Morgan fingerprint density at radius 1 is 1.03 bits per heavy atom. The van der Waals surface area contributed by atoms with Crippen LogP contribution in [0.2, 0.25) is 0 Å². The summed E-state index contributed by atoms with van der Waals surface area (Å²) in [5.74, 6) is -0.299. The minimum atomic E-state index is -4.03. The Bertz CT molecular complexity index is 1240. The fourth-order valence-electron chi connectivity index (χ4n) is 2.98. The number of thiophene rings is 1. The lowest BCUT2D eigenvalue weighted by molar-refractivity contribution is 0.582. The monoisotopic (exact) mass is 428 g/mol. The largest absolute Gasteiger partial charge is 0.418 e. The van der Waals surface area contributed by atoms with Crippen molar-refractivity contribution in [1.82, 2.24) is 4.98 Å². The number of benzene rings is 2. The van der Waals surface area contributed by atoms with Crippen LogP contribution in [0.4, 0.5) is 16.0 Å². The first kappa shape index (κ1) is 19.4.